The molecule has 0 saturated heterocycles. The monoisotopic (exact) mass is 303 g/mol. The highest BCUT2D eigenvalue weighted by Crippen LogP contribution is 2.29. The molecule has 2 rings (SSSR count). The molecule has 0 heterocycles. The molecule has 0 aromatic heterocycles. The van der Waals surface area contributed by atoms with Gasteiger partial charge in [-0.05, 0) is 37.8 Å². The van der Waals surface area contributed by atoms with Gasteiger partial charge >= 0.3 is 5.97 Å². The maximum Gasteiger partial charge on any atom is 0.331 e. The van der Waals surface area contributed by atoms with Crippen molar-refractivity contribution in [2.75, 3.05) is 0 Å². The quantitative estimate of drug-likeness (QED) is 0.500. The van der Waals surface area contributed by atoms with E-state index >= 15 is 0 Å². The van der Waals surface area contributed by atoms with Crippen LogP contribution in [0.5, 0.6) is 5.75 Å². The fourth-order valence-electron chi connectivity index (χ4n) is 3.05. The Morgan fingerprint density at radius 3 is 2.73 bits per heavy atom. The van der Waals surface area contributed by atoms with Crippen LogP contribution in [0.2, 0.25) is 0 Å². The van der Waals surface area contributed by atoms with Crippen LogP contribution >= 0.6 is 0 Å². The SMILES string of the molecule is CC(=O)O/N=C(/CCC1CCCCC1)c1cc(C)ccc1O. The van der Waals surface area contributed by atoms with Crippen molar-refractivity contribution in [1.29, 1.82) is 0 Å². The maximum absolute atomic E-state index is 11.0. The maximum atomic E-state index is 11.0. The number of phenols is 1. The molecule has 4 heteroatoms. The highest BCUT2D eigenvalue weighted by molar-refractivity contribution is 6.02. The molecule has 0 aliphatic heterocycles. The molecule has 0 unspecified atom stereocenters. The highest BCUT2D eigenvalue weighted by Gasteiger charge is 2.17. The number of aryl methyl sites for hydroxylation is 1. The lowest BCUT2D eigenvalue weighted by Crippen LogP contribution is -2.11. The Balaban J connectivity index is 2.13. The number of oxime groups is 1. The molecule has 4 nitrogen and oxygen atoms in total. The lowest BCUT2D eigenvalue weighted by molar-refractivity contribution is -0.140. The van der Waals surface area contributed by atoms with Crippen molar-refractivity contribution in [2.45, 2.75) is 58.8 Å². The van der Waals surface area contributed by atoms with E-state index < -0.39 is 5.97 Å². The van der Waals surface area contributed by atoms with Gasteiger partial charge in [0.15, 0.2) is 0 Å². The number of phenolic OH excluding ortho intramolecular Hbond substituents is 1. The predicted octanol–water partition coefficient (Wildman–Crippen LogP) is 4.33. The molecule has 0 amide bonds. The molecule has 1 aromatic rings. The van der Waals surface area contributed by atoms with Crippen LogP contribution in [-0.4, -0.2) is 16.8 Å². The third kappa shape index (κ3) is 4.86. The van der Waals surface area contributed by atoms with Crippen molar-refractivity contribution in [3.63, 3.8) is 0 Å². The van der Waals surface area contributed by atoms with E-state index in [0.29, 0.717) is 17.2 Å². The van der Waals surface area contributed by atoms with Crippen LogP contribution in [0.4, 0.5) is 0 Å². The molecule has 120 valence electrons. The van der Waals surface area contributed by atoms with E-state index in [1.807, 2.05) is 19.1 Å². The van der Waals surface area contributed by atoms with Gasteiger partial charge in [0.2, 0.25) is 0 Å². The zero-order valence-corrected chi connectivity index (χ0v) is 13.5. The topological polar surface area (TPSA) is 58.9 Å². The van der Waals surface area contributed by atoms with Gasteiger partial charge in [-0.3, -0.25) is 0 Å². The summed E-state index contributed by atoms with van der Waals surface area (Å²) in [7, 11) is 0. The minimum absolute atomic E-state index is 0.181. The smallest absolute Gasteiger partial charge is 0.331 e. The predicted molar refractivity (Wildman–Crippen MR) is 87.0 cm³/mol. The summed E-state index contributed by atoms with van der Waals surface area (Å²) >= 11 is 0. The largest absolute Gasteiger partial charge is 0.507 e. The molecule has 1 saturated carbocycles. The van der Waals surface area contributed by atoms with E-state index in [4.69, 9.17) is 4.84 Å². The van der Waals surface area contributed by atoms with Crippen LogP contribution in [-0.2, 0) is 9.63 Å². The number of carbonyl (C=O) groups excluding carboxylic acids is 1. The molecule has 0 atom stereocenters. The first kappa shape index (κ1) is 16.5. The van der Waals surface area contributed by atoms with Crippen LogP contribution in [0.25, 0.3) is 0 Å². The van der Waals surface area contributed by atoms with Gasteiger partial charge in [0.1, 0.15) is 5.75 Å². The van der Waals surface area contributed by atoms with E-state index in [-0.39, 0.29) is 5.75 Å². The summed E-state index contributed by atoms with van der Waals surface area (Å²) in [5.41, 5.74) is 2.36. The number of hydrogen-bond donors (Lipinski definition) is 1. The van der Waals surface area contributed by atoms with Crippen molar-refractivity contribution < 1.29 is 14.7 Å². The molecular formula is C18H25NO3. The van der Waals surface area contributed by atoms with E-state index in [0.717, 1.165) is 18.4 Å². The van der Waals surface area contributed by atoms with Gasteiger partial charge in [-0.25, -0.2) is 4.79 Å². The summed E-state index contributed by atoms with van der Waals surface area (Å²) in [5.74, 6) is 0.450. The number of carbonyl (C=O) groups is 1. The third-order valence-electron chi connectivity index (χ3n) is 4.26. The summed E-state index contributed by atoms with van der Waals surface area (Å²) < 4.78 is 0. The summed E-state index contributed by atoms with van der Waals surface area (Å²) in [4.78, 5) is 15.9. The molecule has 22 heavy (non-hydrogen) atoms. The second-order valence-electron chi connectivity index (χ2n) is 6.18. The Morgan fingerprint density at radius 2 is 2.05 bits per heavy atom. The average Bonchev–Trinajstić information content (AvgIpc) is 2.51. The first-order valence-corrected chi connectivity index (χ1v) is 8.10. The number of nitrogens with zero attached hydrogens (tertiary/aromatic N) is 1. The van der Waals surface area contributed by atoms with Crippen LogP contribution in [0.3, 0.4) is 0 Å². The van der Waals surface area contributed by atoms with Crippen molar-refractivity contribution in [2.24, 2.45) is 11.1 Å². The molecular weight excluding hydrogens is 278 g/mol. The molecule has 1 fully saturated rings. The second kappa shape index (κ2) is 7.97. The van der Waals surface area contributed by atoms with Gasteiger partial charge in [-0.1, -0.05) is 48.9 Å². The molecule has 0 radical (unpaired) electrons. The molecule has 0 bridgehead atoms. The summed E-state index contributed by atoms with van der Waals surface area (Å²) in [6.45, 7) is 3.30. The standard InChI is InChI=1S/C18H25NO3/c1-13-8-11-18(21)16(12-13)17(19-22-14(2)20)10-9-15-6-4-3-5-7-15/h8,11-12,15,21H,3-7,9-10H2,1-2H3/b19-17-. The number of hydrogen-bond acceptors (Lipinski definition) is 4. The van der Waals surface area contributed by atoms with Gasteiger partial charge in [-0.15, -0.1) is 0 Å². The van der Waals surface area contributed by atoms with E-state index in [9.17, 15) is 9.90 Å². The average molecular weight is 303 g/mol. The van der Waals surface area contributed by atoms with Crippen molar-refractivity contribution in [1.82, 2.24) is 0 Å². The lowest BCUT2D eigenvalue weighted by Gasteiger charge is -2.21. The summed E-state index contributed by atoms with van der Waals surface area (Å²) in [6.07, 6.45) is 8.21. The molecule has 1 N–H and O–H groups in total. The fraction of sp³-hybridized carbons (Fsp3) is 0.556. The summed E-state index contributed by atoms with van der Waals surface area (Å²) in [5, 5.41) is 14.1. The Morgan fingerprint density at radius 1 is 1.32 bits per heavy atom. The van der Waals surface area contributed by atoms with Gasteiger partial charge in [0, 0.05) is 12.5 Å². The van der Waals surface area contributed by atoms with Crippen LogP contribution in [0.1, 0.15) is 63.0 Å². The minimum atomic E-state index is -0.442. The fourth-order valence-corrected chi connectivity index (χ4v) is 3.05. The van der Waals surface area contributed by atoms with E-state index in [2.05, 4.69) is 5.16 Å². The van der Waals surface area contributed by atoms with Crippen LogP contribution < -0.4 is 0 Å². The van der Waals surface area contributed by atoms with E-state index in [1.54, 1.807) is 6.07 Å². The molecule has 0 spiro atoms. The number of aromatic hydroxyl groups is 1. The lowest BCUT2D eigenvalue weighted by atomic mass is 9.85. The first-order chi connectivity index (χ1) is 10.6. The zero-order chi connectivity index (χ0) is 15.9. The van der Waals surface area contributed by atoms with Crippen LogP contribution in [0.15, 0.2) is 23.4 Å². The van der Waals surface area contributed by atoms with Gasteiger partial charge < -0.3 is 9.94 Å². The van der Waals surface area contributed by atoms with Crippen molar-refractivity contribution in [3.05, 3.63) is 29.3 Å². The minimum Gasteiger partial charge on any atom is -0.507 e. The number of rotatable bonds is 5. The Bertz CT molecular complexity index is 545. The first-order valence-electron chi connectivity index (χ1n) is 8.10. The van der Waals surface area contributed by atoms with Gasteiger partial charge in [0.25, 0.3) is 0 Å². The highest BCUT2D eigenvalue weighted by atomic mass is 16.7. The Hall–Kier alpha value is -1.84. The Labute approximate surface area is 132 Å². The molecule has 1 aliphatic rings. The summed E-state index contributed by atoms with van der Waals surface area (Å²) in [6, 6.07) is 5.40. The van der Waals surface area contributed by atoms with Crippen molar-refractivity contribution >= 4 is 11.7 Å². The Kier molecular flexibility index (Phi) is 5.99. The van der Waals surface area contributed by atoms with Gasteiger partial charge in [-0.2, -0.15) is 0 Å². The normalized spacial score (nSPS) is 16.5. The van der Waals surface area contributed by atoms with Crippen LogP contribution in [0, 0.1) is 12.8 Å². The van der Waals surface area contributed by atoms with Crippen molar-refractivity contribution in [3.8, 4) is 5.75 Å². The third-order valence-corrected chi connectivity index (χ3v) is 4.26. The number of benzene rings is 1. The zero-order valence-electron chi connectivity index (χ0n) is 13.5. The van der Waals surface area contributed by atoms with Gasteiger partial charge in [0.05, 0.1) is 5.71 Å². The molecule has 1 aliphatic carbocycles. The van der Waals surface area contributed by atoms with E-state index in [1.165, 1.54) is 39.0 Å². The second-order valence-corrected chi connectivity index (χ2v) is 6.18. The molecule has 1 aromatic carbocycles.